The topological polar surface area (TPSA) is 0 Å². The van der Waals surface area contributed by atoms with Gasteiger partial charge in [0.2, 0.25) is 0 Å². The fourth-order valence-corrected chi connectivity index (χ4v) is 2.05. The molecule has 1 aliphatic carbocycles. The summed E-state index contributed by atoms with van der Waals surface area (Å²) in [6.45, 7) is 4.66. The van der Waals surface area contributed by atoms with Crippen LogP contribution < -0.4 is 0 Å². The molecule has 0 nitrogen and oxygen atoms in total. The Balaban J connectivity index is 2.36. The lowest BCUT2D eigenvalue weighted by molar-refractivity contribution is 0.382. The average molecular weight is 178 g/mol. The van der Waals surface area contributed by atoms with Gasteiger partial charge in [0.1, 0.15) is 0 Å². The highest BCUT2D eigenvalue weighted by Gasteiger charge is 2.09. The lowest BCUT2D eigenvalue weighted by Gasteiger charge is -2.16. The molecule has 0 aromatic rings. The maximum atomic E-state index is 2.33. The standard InChI is InChI=1S/C13H22/c1-12(2)11-13-9-7-5-3-4-6-8-10-13/h3-5,7,12-13H,6,8-11H2,1-2H3. The van der Waals surface area contributed by atoms with Crippen molar-refractivity contribution in [1.82, 2.24) is 0 Å². The first-order valence-corrected chi connectivity index (χ1v) is 5.60. The molecule has 0 radical (unpaired) electrons. The number of rotatable bonds is 2. The van der Waals surface area contributed by atoms with E-state index in [-0.39, 0.29) is 0 Å². The van der Waals surface area contributed by atoms with Crippen LogP contribution in [0.3, 0.4) is 0 Å². The summed E-state index contributed by atoms with van der Waals surface area (Å²) in [5, 5.41) is 0. The van der Waals surface area contributed by atoms with E-state index in [4.69, 9.17) is 0 Å². The van der Waals surface area contributed by atoms with E-state index in [2.05, 4.69) is 38.2 Å². The van der Waals surface area contributed by atoms with Crippen molar-refractivity contribution in [2.75, 3.05) is 0 Å². The van der Waals surface area contributed by atoms with Crippen LogP contribution in [0.1, 0.15) is 46.0 Å². The maximum absolute atomic E-state index is 2.33. The molecule has 0 fully saturated rings. The molecular formula is C13H22. The van der Waals surface area contributed by atoms with Crippen molar-refractivity contribution in [3.63, 3.8) is 0 Å². The number of hydrogen-bond donors (Lipinski definition) is 0. The van der Waals surface area contributed by atoms with E-state index in [1.54, 1.807) is 0 Å². The van der Waals surface area contributed by atoms with Crippen LogP contribution in [0, 0.1) is 11.8 Å². The van der Waals surface area contributed by atoms with E-state index in [0.717, 1.165) is 11.8 Å². The molecule has 1 unspecified atom stereocenters. The fourth-order valence-electron chi connectivity index (χ4n) is 2.05. The summed E-state index contributed by atoms with van der Waals surface area (Å²) in [5.41, 5.74) is 0. The largest absolute Gasteiger partial charge is 0.0845 e. The normalized spacial score (nSPS) is 24.1. The second kappa shape index (κ2) is 6.01. The third-order valence-electron chi connectivity index (χ3n) is 2.64. The summed E-state index contributed by atoms with van der Waals surface area (Å²) in [6, 6.07) is 0. The highest BCUT2D eigenvalue weighted by molar-refractivity contribution is 5.03. The Labute approximate surface area is 82.7 Å². The molecule has 1 atom stereocenters. The highest BCUT2D eigenvalue weighted by Crippen LogP contribution is 2.22. The Hall–Kier alpha value is -0.520. The van der Waals surface area contributed by atoms with Gasteiger partial charge in [0.05, 0.1) is 0 Å². The Morgan fingerprint density at radius 3 is 2.77 bits per heavy atom. The van der Waals surface area contributed by atoms with Crippen molar-refractivity contribution in [2.24, 2.45) is 11.8 Å². The zero-order valence-corrected chi connectivity index (χ0v) is 9.00. The quantitative estimate of drug-likeness (QED) is 0.590. The molecule has 1 rings (SSSR count). The van der Waals surface area contributed by atoms with E-state index in [9.17, 15) is 0 Å². The highest BCUT2D eigenvalue weighted by atomic mass is 14.1. The molecule has 0 heteroatoms. The van der Waals surface area contributed by atoms with Crippen molar-refractivity contribution >= 4 is 0 Å². The minimum Gasteiger partial charge on any atom is -0.0845 e. The van der Waals surface area contributed by atoms with Gasteiger partial charge in [-0.1, -0.05) is 38.2 Å². The predicted octanol–water partition coefficient (Wildman–Crippen LogP) is 4.34. The Morgan fingerprint density at radius 1 is 1.23 bits per heavy atom. The van der Waals surface area contributed by atoms with Gasteiger partial charge in [-0.25, -0.2) is 0 Å². The number of hydrogen-bond acceptors (Lipinski definition) is 0. The van der Waals surface area contributed by atoms with Crippen molar-refractivity contribution in [3.8, 4) is 0 Å². The second-order valence-corrected chi connectivity index (χ2v) is 4.52. The van der Waals surface area contributed by atoms with Crippen molar-refractivity contribution < 1.29 is 0 Å². The van der Waals surface area contributed by atoms with Crippen molar-refractivity contribution in [2.45, 2.75) is 46.0 Å². The Morgan fingerprint density at radius 2 is 2.00 bits per heavy atom. The van der Waals surface area contributed by atoms with E-state index >= 15 is 0 Å². The van der Waals surface area contributed by atoms with Crippen LogP contribution in [0.15, 0.2) is 24.3 Å². The Bertz CT molecular complexity index is 174. The van der Waals surface area contributed by atoms with Gasteiger partial charge in [0.25, 0.3) is 0 Å². The molecule has 13 heavy (non-hydrogen) atoms. The smallest absolute Gasteiger partial charge is 0.0319 e. The first-order valence-electron chi connectivity index (χ1n) is 5.60. The van der Waals surface area contributed by atoms with Crippen LogP contribution in [-0.2, 0) is 0 Å². The van der Waals surface area contributed by atoms with Crippen LogP contribution >= 0.6 is 0 Å². The molecule has 0 saturated carbocycles. The SMILES string of the molecule is CC(C)CC1CC=CC=CCCC1. The molecule has 0 aromatic heterocycles. The third-order valence-corrected chi connectivity index (χ3v) is 2.64. The van der Waals surface area contributed by atoms with Gasteiger partial charge < -0.3 is 0 Å². The molecule has 0 heterocycles. The summed E-state index contributed by atoms with van der Waals surface area (Å²) >= 11 is 0. The predicted molar refractivity (Wildman–Crippen MR) is 59.7 cm³/mol. The Kier molecular flexibility index (Phi) is 4.88. The molecule has 0 N–H and O–H groups in total. The van der Waals surface area contributed by atoms with Gasteiger partial charge in [-0.05, 0) is 43.9 Å². The lowest BCUT2D eigenvalue weighted by atomic mass is 9.90. The van der Waals surface area contributed by atoms with E-state index < -0.39 is 0 Å². The van der Waals surface area contributed by atoms with E-state index in [1.165, 1.54) is 32.1 Å². The molecular weight excluding hydrogens is 156 g/mol. The van der Waals surface area contributed by atoms with Crippen LogP contribution in [0.4, 0.5) is 0 Å². The van der Waals surface area contributed by atoms with Crippen LogP contribution in [0.5, 0.6) is 0 Å². The maximum Gasteiger partial charge on any atom is -0.0319 e. The average Bonchev–Trinajstić information content (AvgIpc) is 2.17. The zero-order valence-electron chi connectivity index (χ0n) is 9.00. The summed E-state index contributed by atoms with van der Waals surface area (Å²) < 4.78 is 0. The van der Waals surface area contributed by atoms with Crippen LogP contribution in [0.2, 0.25) is 0 Å². The summed E-state index contributed by atoms with van der Waals surface area (Å²) in [6.07, 6.45) is 15.7. The summed E-state index contributed by atoms with van der Waals surface area (Å²) in [4.78, 5) is 0. The molecule has 1 aliphatic rings. The zero-order chi connectivity index (χ0) is 9.52. The van der Waals surface area contributed by atoms with Crippen LogP contribution in [0.25, 0.3) is 0 Å². The molecule has 0 amide bonds. The minimum atomic E-state index is 0.854. The first kappa shape index (κ1) is 10.6. The fraction of sp³-hybridized carbons (Fsp3) is 0.692. The van der Waals surface area contributed by atoms with E-state index in [1.807, 2.05) is 0 Å². The number of allylic oxidation sites excluding steroid dienone is 4. The van der Waals surface area contributed by atoms with Gasteiger partial charge in [0.15, 0.2) is 0 Å². The van der Waals surface area contributed by atoms with E-state index in [0.29, 0.717) is 0 Å². The molecule has 0 aliphatic heterocycles. The van der Waals surface area contributed by atoms with Gasteiger partial charge in [-0.15, -0.1) is 0 Å². The summed E-state index contributed by atoms with van der Waals surface area (Å²) in [5.74, 6) is 1.78. The van der Waals surface area contributed by atoms with Gasteiger partial charge in [-0.3, -0.25) is 0 Å². The van der Waals surface area contributed by atoms with Gasteiger partial charge in [0, 0.05) is 0 Å². The first-order chi connectivity index (χ1) is 6.29. The summed E-state index contributed by atoms with van der Waals surface area (Å²) in [7, 11) is 0. The van der Waals surface area contributed by atoms with Gasteiger partial charge >= 0.3 is 0 Å². The molecule has 0 saturated heterocycles. The molecule has 0 spiro atoms. The lowest BCUT2D eigenvalue weighted by Crippen LogP contribution is -2.03. The molecule has 0 bridgehead atoms. The van der Waals surface area contributed by atoms with Gasteiger partial charge in [-0.2, -0.15) is 0 Å². The minimum absolute atomic E-state index is 0.854. The van der Waals surface area contributed by atoms with Crippen molar-refractivity contribution in [3.05, 3.63) is 24.3 Å². The van der Waals surface area contributed by atoms with Crippen LogP contribution in [-0.4, -0.2) is 0 Å². The second-order valence-electron chi connectivity index (χ2n) is 4.52. The third kappa shape index (κ3) is 4.92. The van der Waals surface area contributed by atoms with Crippen molar-refractivity contribution in [1.29, 1.82) is 0 Å². The molecule has 74 valence electrons. The monoisotopic (exact) mass is 178 g/mol. The molecule has 0 aromatic carbocycles.